The van der Waals surface area contributed by atoms with Crippen molar-refractivity contribution >= 4 is 29.0 Å². The maximum atomic E-state index is 13.5. The van der Waals surface area contributed by atoms with Gasteiger partial charge in [-0.05, 0) is 49.4 Å². The van der Waals surface area contributed by atoms with Gasteiger partial charge in [-0.25, -0.2) is 9.37 Å². The summed E-state index contributed by atoms with van der Waals surface area (Å²) in [6.07, 6.45) is -3.96. The Kier molecular flexibility index (Phi) is 5.09. The Bertz CT molecular complexity index is 1110. The largest absolute Gasteiger partial charge is 0.417 e. The fourth-order valence-electron chi connectivity index (χ4n) is 4.22. The molecule has 2 fully saturated rings. The van der Waals surface area contributed by atoms with Crippen LogP contribution in [-0.2, 0) is 11.0 Å². The Morgan fingerprint density at radius 2 is 2.06 bits per heavy atom. The van der Waals surface area contributed by atoms with Gasteiger partial charge in [0.25, 0.3) is 0 Å². The second-order valence-electron chi connectivity index (χ2n) is 7.87. The van der Waals surface area contributed by atoms with Crippen molar-refractivity contribution in [1.82, 2.24) is 4.98 Å². The van der Waals surface area contributed by atoms with E-state index in [1.54, 1.807) is 6.07 Å². The molecule has 1 saturated carbocycles. The molecule has 162 valence electrons. The van der Waals surface area contributed by atoms with Crippen molar-refractivity contribution in [3.8, 4) is 6.07 Å². The molecule has 0 N–H and O–H groups in total. The molecule has 3 atom stereocenters. The summed E-state index contributed by atoms with van der Waals surface area (Å²) >= 11 is 5.82. The second-order valence-corrected chi connectivity index (χ2v) is 8.28. The first-order valence-corrected chi connectivity index (χ1v) is 9.89. The van der Waals surface area contributed by atoms with Gasteiger partial charge >= 0.3 is 6.18 Å². The number of carbonyl (C=O) groups excluding carboxylic acids is 1. The van der Waals surface area contributed by atoms with Gasteiger partial charge in [0.15, 0.2) is 0 Å². The highest BCUT2D eigenvalue weighted by Crippen LogP contribution is 2.52. The number of hydrogen-bond acceptors (Lipinski definition) is 4. The maximum absolute atomic E-state index is 13.5. The molecular formula is C21H17ClF4N4O. The number of anilines is 2. The van der Waals surface area contributed by atoms with Crippen molar-refractivity contribution in [3.05, 3.63) is 51.9 Å². The van der Waals surface area contributed by atoms with Crippen LogP contribution < -0.4 is 9.80 Å². The highest BCUT2D eigenvalue weighted by molar-refractivity contribution is 6.31. The number of pyridine rings is 1. The van der Waals surface area contributed by atoms with E-state index in [4.69, 9.17) is 11.6 Å². The van der Waals surface area contributed by atoms with Crippen LogP contribution in [0.3, 0.4) is 0 Å². The SMILES string of the molecule is Cc1cc(C(F)(F)F)c(C#N)c(N2C[C@H]3C[C@H]3[C@H]2C(=O)N(C)c2ccc(F)c(Cl)c2)n1. The van der Waals surface area contributed by atoms with Crippen molar-refractivity contribution in [1.29, 1.82) is 5.26 Å². The fourth-order valence-corrected chi connectivity index (χ4v) is 4.39. The van der Waals surface area contributed by atoms with Crippen LogP contribution in [0.1, 0.15) is 23.2 Å². The highest BCUT2D eigenvalue weighted by Gasteiger charge is 2.57. The summed E-state index contributed by atoms with van der Waals surface area (Å²) in [6, 6.07) is 5.54. The Hall–Kier alpha value is -2.86. The van der Waals surface area contributed by atoms with Gasteiger partial charge in [-0.15, -0.1) is 0 Å². The summed E-state index contributed by atoms with van der Waals surface area (Å²) in [5.74, 6) is -1.05. The summed E-state index contributed by atoms with van der Waals surface area (Å²) in [5, 5.41) is 9.35. The van der Waals surface area contributed by atoms with E-state index in [2.05, 4.69) is 4.98 Å². The standard InChI is InChI=1S/C21H17ClF4N4O/c1-10-5-15(21(24,25)26)14(8-27)19(28-10)30-9-11-6-13(11)18(30)20(31)29(2)12-3-4-17(23)16(22)7-12/h3-5,7,11,13,18H,6,9H2,1-2H3/t11-,13-,18+/m1/s1. The van der Waals surface area contributed by atoms with Gasteiger partial charge in [0.05, 0.1) is 10.6 Å². The second kappa shape index (κ2) is 7.38. The van der Waals surface area contributed by atoms with Crippen molar-refractivity contribution in [2.75, 3.05) is 23.4 Å². The van der Waals surface area contributed by atoms with Crippen molar-refractivity contribution in [2.45, 2.75) is 25.6 Å². The summed E-state index contributed by atoms with van der Waals surface area (Å²) < 4.78 is 54.1. The average molecular weight is 453 g/mol. The smallest absolute Gasteiger partial charge is 0.343 e. The third kappa shape index (κ3) is 3.69. The topological polar surface area (TPSA) is 60.2 Å². The number of alkyl halides is 3. The maximum Gasteiger partial charge on any atom is 0.417 e. The van der Waals surface area contributed by atoms with Crippen LogP contribution >= 0.6 is 11.6 Å². The molecule has 2 aromatic rings. The molecule has 0 spiro atoms. The zero-order valence-corrected chi connectivity index (χ0v) is 17.3. The molecule has 1 amide bonds. The first-order valence-electron chi connectivity index (χ1n) is 9.51. The van der Waals surface area contributed by atoms with Gasteiger partial charge in [0, 0.05) is 25.0 Å². The molecule has 1 aliphatic heterocycles. The number of benzene rings is 1. The lowest BCUT2D eigenvalue weighted by Gasteiger charge is -2.32. The number of halogens is 5. The summed E-state index contributed by atoms with van der Waals surface area (Å²) in [7, 11) is 1.50. The van der Waals surface area contributed by atoms with Gasteiger partial charge in [-0.3, -0.25) is 4.79 Å². The minimum atomic E-state index is -4.72. The molecule has 31 heavy (non-hydrogen) atoms. The number of nitriles is 1. The first kappa shape index (κ1) is 21.4. The number of carbonyl (C=O) groups is 1. The van der Waals surface area contributed by atoms with Gasteiger partial charge in [0.2, 0.25) is 5.91 Å². The number of aromatic nitrogens is 1. The van der Waals surface area contributed by atoms with E-state index >= 15 is 0 Å². The molecule has 4 rings (SSSR count). The Balaban J connectivity index is 1.74. The van der Waals surface area contributed by atoms with E-state index < -0.39 is 29.2 Å². The van der Waals surface area contributed by atoms with Crippen molar-refractivity contribution in [2.24, 2.45) is 11.8 Å². The minimum Gasteiger partial charge on any atom is -0.343 e. The normalized spacial score (nSPS) is 22.1. The first-order chi connectivity index (χ1) is 14.5. The predicted octanol–water partition coefficient (Wildman–Crippen LogP) is 4.56. The Morgan fingerprint density at radius 3 is 2.68 bits per heavy atom. The van der Waals surface area contributed by atoms with Gasteiger partial charge in [-0.2, -0.15) is 18.4 Å². The molecule has 0 unspecified atom stereocenters. The van der Waals surface area contributed by atoms with Crippen LogP contribution in [0.15, 0.2) is 24.3 Å². The third-order valence-electron chi connectivity index (χ3n) is 5.84. The minimum absolute atomic E-state index is 0.0472. The molecular weight excluding hydrogens is 436 g/mol. The molecule has 10 heteroatoms. The summed E-state index contributed by atoms with van der Waals surface area (Å²) in [5.41, 5.74) is -1.20. The van der Waals surface area contributed by atoms with E-state index in [1.807, 2.05) is 0 Å². The lowest BCUT2D eigenvalue weighted by Crippen LogP contribution is -2.47. The number of nitrogens with zero attached hydrogens (tertiary/aromatic N) is 4. The molecule has 1 aromatic carbocycles. The van der Waals surface area contributed by atoms with Crippen molar-refractivity contribution < 1.29 is 22.4 Å². The zero-order chi connectivity index (χ0) is 22.7. The van der Waals surface area contributed by atoms with Crippen LogP contribution in [0.2, 0.25) is 5.02 Å². The molecule has 0 radical (unpaired) electrons. The third-order valence-corrected chi connectivity index (χ3v) is 6.13. The Labute approximate surface area is 180 Å². The molecule has 1 saturated heterocycles. The number of likely N-dealkylation sites (N-methyl/N-ethyl adjacent to an activating group) is 1. The van der Waals surface area contributed by atoms with Gasteiger partial charge in [0.1, 0.15) is 29.3 Å². The van der Waals surface area contributed by atoms with E-state index in [1.165, 1.54) is 35.9 Å². The van der Waals surface area contributed by atoms with Crippen LogP contribution in [-0.4, -0.2) is 30.5 Å². The van der Waals surface area contributed by atoms with E-state index in [0.717, 1.165) is 18.6 Å². The zero-order valence-electron chi connectivity index (χ0n) is 16.5. The number of aryl methyl sites for hydroxylation is 1. The van der Waals surface area contributed by atoms with E-state index in [9.17, 15) is 27.6 Å². The van der Waals surface area contributed by atoms with Crippen LogP contribution in [0, 0.1) is 35.9 Å². The average Bonchev–Trinajstić information content (AvgIpc) is 3.37. The van der Waals surface area contributed by atoms with Crippen LogP contribution in [0.5, 0.6) is 0 Å². The molecule has 5 nitrogen and oxygen atoms in total. The van der Waals surface area contributed by atoms with Crippen molar-refractivity contribution in [3.63, 3.8) is 0 Å². The fraction of sp³-hybridized carbons (Fsp3) is 0.381. The van der Waals surface area contributed by atoms with Crippen LogP contribution in [0.4, 0.5) is 29.1 Å². The number of piperidine rings is 1. The molecule has 2 aliphatic rings. The Morgan fingerprint density at radius 1 is 1.35 bits per heavy atom. The molecule has 1 aliphatic carbocycles. The number of amides is 1. The van der Waals surface area contributed by atoms with Gasteiger partial charge in [-0.1, -0.05) is 11.6 Å². The lowest BCUT2D eigenvalue weighted by atomic mass is 10.1. The number of rotatable bonds is 3. The quantitative estimate of drug-likeness (QED) is 0.640. The van der Waals surface area contributed by atoms with E-state index in [-0.39, 0.29) is 34.3 Å². The molecule has 2 heterocycles. The highest BCUT2D eigenvalue weighted by atomic mass is 35.5. The van der Waals surface area contributed by atoms with E-state index in [0.29, 0.717) is 12.2 Å². The molecule has 0 bridgehead atoms. The molecule has 1 aromatic heterocycles. The summed E-state index contributed by atoms with van der Waals surface area (Å²) in [6.45, 7) is 1.75. The lowest BCUT2D eigenvalue weighted by molar-refractivity contribution is -0.137. The number of hydrogen-bond donors (Lipinski definition) is 0. The monoisotopic (exact) mass is 452 g/mol. The predicted molar refractivity (Wildman–Crippen MR) is 106 cm³/mol. The number of fused-ring (bicyclic) bond motifs is 1. The van der Waals surface area contributed by atoms with Crippen LogP contribution in [0.25, 0.3) is 0 Å². The van der Waals surface area contributed by atoms with Gasteiger partial charge < -0.3 is 9.80 Å². The summed E-state index contributed by atoms with van der Waals surface area (Å²) in [4.78, 5) is 20.4.